The van der Waals surface area contributed by atoms with Crippen molar-refractivity contribution in [2.45, 2.75) is 50.9 Å². The lowest BCUT2D eigenvalue weighted by atomic mass is 9.88. The summed E-state index contributed by atoms with van der Waals surface area (Å²) >= 11 is 0. The van der Waals surface area contributed by atoms with Crippen LogP contribution in [-0.2, 0) is 16.1 Å². The average molecular weight is 306 g/mol. The van der Waals surface area contributed by atoms with Gasteiger partial charge in [-0.1, -0.05) is 0 Å². The smallest absolute Gasteiger partial charge is 0.251 e. The van der Waals surface area contributed by atoms with Gasteiger partial charge in [0.1, 0.15) is 17.6 Å². The number of likely N-dealkylation sites (N-methyl/N-ethyl adjacent to an activating group) is 1. The summed E-state index contributed by atoms with van der Waals surface area (Å²) in [5.41, 5.74) is -0.0775. The van der Waals surface area contributed by atoms with Gasteiger partial charge in [0.15, 0.2) is 0 Å². The number of piperidine rings is 1. The number of amides is 1. The van der Waals surface area contributed by atoms with Crippen molar-refractivity contribution >= 4 is 5.91 Å². The Bertz CT molecular complexity index is 530. The first-order valence-electron chi connectivity index (χ1n) is 8.14. The van der Waals surface area contributed by atoms with E-state index in [1.54, 1.807) is 19.0 Å². The quantitative estimate of drug-likeness (QED) is 0.859. The van der Waals surface area contributed by atoms with Gasteiger partial charge in [-0.05, 0) is 44.7 Å². The zero-order chi connectivity index (χ0) is 15.7. The predicted molar refractivity (Wildman–Crippen MR) is 83.5 cm³/mol. The molecule has 5 nitrogen and oxygen atoms in total. The molecule has 1 spiro atoms. The molecule has 0 aromatic carbocycles. The van der Waals surface area contributed by atoms with Crippen molar-refractivity contribution in [2.24, 2.45) is 0 Å². The van der Waals surface area contributed by atoms with Crippen molar-refractivity contribution < 1.29 is 13.9 Å². The first kappa shape index (κ1) is 15.6. The molecule has 3 heterocycles. The number of nitrogens with zero attached hydrogens (tertiary/aromatic N) is 2. The maximum absolute atomic E-state index is 12.1. The molecule has 2 fully saturated rings. The number of hydrogen-bond acceptors (Lipinski definition) is 4. The van der Waals surface area contributed by atoms with E-state index >= 15 is 0 Å². The number of carbonyl (C=O) groups excluding carboxylic acids is 1. The molecule has 22 heavy (non-hydrogen) atoms. The molecule has 122 valence electrons. The third-order valence-electron chi connectivity index (χ3n) is 4.91. The molecule has 0 aliphatic carbocycles. The van der Waals surface area contributed by atoms with Gasteiger partial charge in [-0.15, -0.1) is 0 Å². The second-order valence-electron chi connectivity index (χ2n) is 6.85. The van der Waals surface area contributed by atoms with E-state index in [1.165, 1.54) is 0 Å². The molecule has 3 rings (SSSR count). The van der Waals surface area contributed by atoms with Crippen LogP contribution < -0.4 is 0 Å². The molecule has 5 heteroatoms. The van der Waals surface area contributed by atoms with E-state index in [9.17, 15) is 4.79 Å². The summed E-state index contributed by atoms with van der Waals surface area (Å²) in [5, 5.41) is 0. The van der Waals surface area contributed by atoms with Crippen molar-refractivity contribution in [3.05, 3.63) is 23.7 Å². The number of furan rings is 1. The van der Waals surface area contributed by atoms with Crippen LogP contribution in [0.25, 0.3) is 0 Å². The molecular weight excluding hydrogens is 280 g/mol. The van der Waals surface area contributed by atoms with E-state index in [2.05, 4.69) is 11.0 Å². The molecule has 1 amide bonds. The summed E-state index contributed by atoms with van der Waals surface area (Å²) in [4.78, 5) is 16.1. The highest BCUT2D eigenvalue weighted by Crippen LogP contribution is 2.39. The first-order valence-corrected chi connectivity index (χ1v) is 8.14. The van der Waals surface area contributed by atoms with Gasteiger partial charge in [-0.3, -0.25) is 9.69 Å². The normalized spacial score (nSPS) is 24.8. The maximum Gasteiger partial charge on any atom is 0.251 e. The molecule has 0 saturated carbocycles. The highest BCUT2D eigenvalue weighted by Gasteiger charge is 2.45. The fourth-order valence-electron chi connectivity index (χ4n) is 3.55. The number of ether oxygens (including phenoxy) is 1. The van der Waals surface area contributed by atoms with Crippen LogP contribution in [0.1, 0.15) is 37.2 Å². The molecule has 1 aromatic heterocycles. The Morgan fingerprint density at radius 1 is 1.32 bits per heavy atom. The lowest BCUT2D eigenvalue weighted by Crippen LogP contribution is -2.45. The van der Waals surface area contributed by atoms with E-state index in [0.717, 1.165) is 56.8 Å². The number of hydrogen-bond donors (Lipinski definition) is 0. The van der Waals surface area contributed by atoms with Crippen molar-refractivity contribution in [1.29, 1.82) is 0 Å². The number of carbonyl (C=O) groups is 1. The third-order valence-corrected chi connectivity index (χ3v) is 4.91. The number of aryl methyl sites for hydroxylation is 1. The van der Waals surface area contributed by atoms with Gasteiger partial charge in [0.25, 0.3) is 5.91 Å². The molecule has 0 unspecified atom stereocenters. The van der Waals surface area contributed by atoms with Gasteiger partial charge >= 0.3 is 0 Å². The minimum absolute atomic E-state index is 0.0775. The molecule has 1 atom stereocenters. The summed E-state index contributed by atoms with van der Waals surface area (Å²) in [7, 11) is 3.59. The molecule has 1 aromatic rings. The summed E-state index contributed by atoms with van der Waals surface area (Å²) in [6.45, 7) is 4.85. The second-order valence-corrected chi connectivity index (χ2v) is 6.85. The monoisotopic (exact) mass is 306 g/mol. The van der Waals surface area contributed by atoms with Crippen LogP contribution in [0.2, 0.25) is 0 Å². The molecule has 2 aliphatic heterocycles. The zero-order valence-electron chi connectivity index (χ0n) is 13.8. The van der Waals surface area contributed by atoms with Gasteiger partial charge in [0.2, 0.25) is 0 Å². The molecule has 2 aliphatic rings. The Morgan fingerprint density at radius 2 is 2.05 bits per heavy atom. The predicted octanol–water partition coefficient (Wildman–Crippen LogP) is 2.19. The van der Waals surface area contributed by atoms with Crippen molar-refractivity contribution in [1.82, 2.24) is 9.80 Å². The minimum atomic E-state index is -0.241. The molecule has 0 N–H and O–H groups in total. The minimum Gasteiger partial charge on any atom is -0.465 e. The molecule has 0 radical (unpaired) electrons. The average Bonchev–Trinajstić information content (AvgIpc) is 3.08. The molecule has 2 saturated heterocycles. The SMILES string of the molecule is Cc1ccc(CN2CCC3(CC[C@@H](C(=O)N(C)C)O3)CC2)o1. The maximum atomic E-state index is 12.1. The van der Waals surface area contributed by atoms with Crippen molar-refractivity contribution in [2.75, 3.05) is 27.2 Å². The Labute approximate surface area is 132 Å². The number of rotatable bonds is 3. The largest absolute Gasteiger partial charge is 0.465 e. The fraction of sp³-hybridized carbons (Fsp3) is 0.706. The van der Waals surface area contributed by atoms with Crippen LogP contribution in [-0.4, -0.2) is 54.6 Å². The second kappa shape index (κ2) is 6.05. The van der Waals surface area contributed by atoms with Crippen LogP contribution in [0.3, 0.4) is 0 Å². The van der Waals surface area contributed by atoms with Crippen molar-refractivity contribution in [3.8, 4) is 0 Å². The van der Waals surface area contributed by atoms with Crippen LogP contribution in [0.15, 0.2) is 16.5 Å². The lowest BCUT2D eigenvalue weighted by molar-refractivity contribution is -0.148. The summed E-state index contributed by atoms with van der Waals surface area (Å²) in [5.74, 6) is 2.10. The third kappa shape index (κ3) is 3.20. The number of likely N-dealkylation sites (tertiary alicyclic amines) is 1. The van der Waals surface area contributed by atoms with E-state index in [4.69, 9.17) is 9.15 Å². The van der Waals surface area contributed by atoms with E-state index < -0.39 is 0 Å². The summed E-state index contributed by atoms with van der Waals surface area (Å²) in [6, 6.07) is 4.07. The summed E-state index contributed by atoms with van der Waals surface area (Å²) in [6.07, 6.45) is 3.63. The first-order chi connectivity index (χ1) is 10.5. The fourth-order valence-corrected chi connectivity index (χ4v) is 3.55. The molecule has 0 bridgehead atoms. The van der Waals surface area contributed by atoms with Gasteiger partial charge in [0.05, 0.1) is 12.1 Å². The topological polar surface area (TPSA) is 45.9 Å². The van der Waals surface area contributed by atoms with Crippen LogP contribution in [0.4, 0.5) is 0 Å². The highest BCUT2D eigenvalue weighted by atomic mass is 16.5. The van der Waals surface area contributed by atoms with Crippen LogP contribution in [0, 0.1) is 6.92 Å². The van der Waals surface area contributed by atoms with Gasteiger partial charge in [-0.25, -0.2) is 0 Å². The van der Waals surface area contributed by atoms with Gasteiger partial charge in [0, 0.05) is 27.2 Å². The Hall–Kier alpha value is -1.33. The van der Waals surface area contributed by atoms with Gasteiger partial charge < -0.3 is 14.1 Å². The van der Waals surface area contributed by atoms with E-state index in [1.807, 2.05) is 13.0 Å². The standard InChI is InChI=1S/C17H26N2O3/c1-13-4-5-14(21-13)12-19-10-8-17(9-11-19)7-6-15(22-17)16(20)18(2)3/h4-5,15H,6-12H2,1-3H3/t15-/m0/s1. The Kier molecular flexibility index (Phi) is 4.28. The van der Waals surface area contributed by atoms with Gasteiger partial charge in [-0.2, -0.15) is 0 Å². The summed E-state index contributed by atoms with van der Waals surface area (Å²) < 4.78 is 11.8. The lowest BCUT2D eigenvalue weighted by Gasteiger charge is -2.38. The Balaban J connectivity index is 1.52. The van der Waals surface area contributed by atoms with E-state index in [-0.39, 0.29) is 17.6 Å². The van der Waals surface area contributed by atoms with Crippen molar-refractivity contribution in [3.63, 3.8) is 0 Å². The Morgan fingerprint density at radius 3 is 2.64 bits per heavy atom. The van der Waals surface area contributed by atoms with E-state index in [0.29, 0.717) is 0 Å². The highest BCUT2D eigenvalue weighted by molar-refractivity contribution is 5.80. The molecular formula is C17H26N2O3. The van der Waals surface area contributed by atoms with Crippen LogP contribution >= 0.6 is 0 Å². The van der Waals surface area contributed by atoms with Crippen LogP contribution in [0.5, 0.6) is 0 Å². The zero-order valence-corrected chi connectivity index (χ0v) is 13.8.